The zero-order valence-electron chi connectivity index (χ0n) is 23.9. The maximum atomic E-state index is 12.5. The van der Waals surface area contributed by atoms with Gasteiger partial charge in [0.15, 0.2) is 0 Å². The van der Waals surface area contributed by atoms with E-state index in [-0.39, 0.29) is 43.9 Å². The molecule has 2 aromatic carbocycles. The second-order valence-electron chi connectivity index (χ2n) is 11.6. The normalized spacial score (nSPS) is 15.8. The van der Waals surface area contributed by atoms with Gasteiger partial charge < -0.3 is 30.1 Å². The van der Waals surface area contributed by atoms with Crippen LogP contribution in [0.5, 0.6) is 0 Å². The Morgan fingerprint density at radius 2 is 1.56 bits per heavy atom. The lowest BCUT2D eigenvalue weighted by atomic mass is 9.90. The molecular weight excluding hydrogens is 526 g/mol. The molecular formula is C31H39N3O7. The Kier molecular flexibility index (Phi) is 9.52. The molecule has 0 saturated carbocycles. The maximum absolute atomic E-state index is 12.5. The summed E-state index contributed by atoms with van der Waals surface area (Å²) in [7, 11) is 0. The summed E-state index contributed by atoms with van der Waals surface area (Å²) in [5.74, 6) is -1.60. The molecule has 1 atom stereocenters. The summed E-state index contributed by atoms with van der Waals surface area (Å²) >= 11 is 0. The van der Waals surface area contributed by atoms with Crippen molar-refractivity contribution < 1.29 is 33.8 Å². The van der Waals surface area contributed by atoms with Gasteiger partial charge in [0, 0.05) is 32.0 Å². The van der Waals surface area contributed by atoms with E-state index in [0.29, 0.717) is 25.9 Å². The lowest BCUT2D eigenvalue weighted by Crippen LogP contribution is -2.46. The highest BCUT2D eigenvalue weighted by atomic mass is 16.6. The van der Waals surface area contributed by atoms with Crippen LogP contribution in [0.4, 0.5) is 9.59 Å². The van der Waals surface area contributed by atoms with Crippen LogP contribution < -0.4 is 10.6 Å². The van der Waals surface area contributed by atoms with Crippen molar-refractivity contribution >= 4 is 24.1 Å². The largest absolute Gasteiger partial charge is 0.480 e. The summed E-state index contributed by atoms with van der Waals surface area (Å²) in [6.07, 6.45) is 0.438. The summed E-state index contributed by atoms with van der Waals surface area (Å²) in [6.45, 7) is 6.57. The van der Waals surface area contributed by atoms with Gasteiger partial charge in [0.1, 0.15) is 18.2 Å². The van der Waals surface area contributed by atoms with Gasteiger partial charge >= 0.3 is 18.2 Å². The molecule has 1 aliphatic heterocycles. The minimum atomic E-state index is -1.11. The first kappa shape index (κ1) is 29.9. The predicted molar refractivity (Wildman–Crippen MR) is 152 cm³/mol. The van der Waals surface area contributed by atoms with Gasteiger partial charge in [-0.15, -0.1) is 0 Å². The Labute approximate surface area is 240 Å². The number of nitrogens with zero attached hydrogens (tertiary/aromatic N) is 1. The number of benzene rings is 2. The minimum absolute atomic E-state index is 0.0170. The number of carbonyl (C=O) groups is 4. The second-order valence-corrected chi connectivity index (χ2v) is 11.6. The van der Waals surface area contributed by atoms with Crippen molar-refractivity contribution in [1.29, 1.82) is 0 Å². The molecule has 2 aliphatic rings. The highest BCUT2D eigenvalue weighted by molar-refractivity contribution is 5.84. The Balaban J connectivity index is 1.17. The molecule has 1 saturated heterocycles. The van der Waals surface area contributed by atoms with E-state index < -0.39 is 29.6 Å². The Hall–Kier alpha value is -4.08. The summed E-state index contributed by atoms with van der Waals surface area (Å²) in [5.41, 5.74) is 3.91. The molecule has 3 amide bonds. The third-order valence-corrected chi connectivity index (χ3v) is 7.43. The first-order valence-corrected chi connectivity index (χ1v) is 14.1. The fourth-order valence-electron chi connectivity index (χ4n) is 5.43. The fraction of sp³-hybridized carbons (Fsp3) is 0.484. The molecule has 1 fully saturated rings. The topological polar surface area (TPSA) is 134 Å². The van der Waals surface area contributed by atoms with E-state index in [1.165, 1.54) is 0 Å². The maximum Gasteiger partial charge on any atom is 0.410 e. The Morgan fingerprint density at radius 1 is 0.976 bits per heavy atom. The monoisotopic (exact) mass is 565 g/mol. The summed E-state index contributed by atoms with van der Waals surface area (Å²) in [4.78, 5) is 50.5. The summed E-state index contributed by atoms with van der Waals surface area (Å²) in [5, 5.41) is 14.8. The van der Waals surface area contributed by atoms with Gasteiger partial charge in [-0.1, -0.05) is 48.5 Å². The number of carbonyl (C=O) groups excluding carboxylic acids is 3. The van der Waals surface area contributed by atoms with E-state index in [0.717, 1.165) is 22.3 Å². The second kappa shape index (κ2) is 13.1. The molecule has 0 radical (unpaired) electrons. The molecule has 220 valence electrons. The van der Waals surface area contributed by atoms with Gasteiger partial charge in [-0.2, -0.15) is 0 Å². The molecule has 0 aromatic heterocycles. The Bertz CT molecular complexity index is 1220. The highest BCUT2D eigenvalue weighted by Gasteiger charge is 2.31. The predicted octanol–water partition coefficient (Wildman–Crippen LogP) is 4.52. The van der Waals surface area contributed by atoms with Crippen LogP contribution in [0.3, 0.4) is 0 Å². The third-order valence-electron chi connectivity index (χ3n) is 7.43. The molecule has 1 heterocycles. The van der Waals surface area contributed by atoms with Crippen LogP contribution in [-0.2, 0) is 19.1 Å². The number of amides is 3. The molecule has 1 aliphatic carbocycles. The number of likely N-dealkylation sites (tertiary alicyclic amines) is 1. The SMILES string of the molecule is CC(C)(C)OC(=O)N1CCC(C[C@H](NC(=O)CCNC(=O)OCC2c3ccccc3-c3ccccc32)C(=O)O)CC1. The van der Waals surface area contributed by atoms with Crippen LogP contribution in [-0.4, -0.2) is 72.0 Å². The third kappa shape index (κ3) is 7.99. The van der Waals surface area contributed by atoms with Crippen molar-refractivity contribution in [3.8, 4) is 11.1 Å². The number of hydrogen-bond donors (Lipinski definition) is 3. The van der Waals surface area contributed by atoms with Gasteiger partial charge in [-0.25, -0.2) is 14.4 Å². The zero-order valence-corrected chi connectivity index (χ0v) is 23.9. The minimum Gasteiger partial charge on any atom is -0.480 e. The quantitative estimate of drug-likeness (QED) is 0.407. The average Bonchev–Trinajstić information content (AvgIpc) is 3.24. The molecule has 0 unspecified atom stereocenters. The van der Waals surface area contributed by atoms with E-state index in [1.807, 2.05) is 57.2 Å². The zero-order chi connectivity index (χ0) is 29.6. The first-order valence-electron chi connectivity index (χ1n) is 14.1. The first-order chi connectivity index (χ1) is 19.5. The molecule has 41 heavy (non-hydrogen) atoms. The number of hydrogen-bond acceptors (Lipinski definition) is 6. The van der Waals surface area contributed by atoms with Gasteiger partial charge in [0.2, 0.25) is 5.91 Å². The molecule has 4 rings (SSSR count). The van der Waals surface area contributed by atoms with E-state index in [9.17, 15) is 24.3 Å². The molecule has 10 heteroatoms. The van der Waals surface area contributed by atoms with Gasteiger partial charge in [-0.05, 0) is 68.2 Å². The number of ether oxygens (including phenoxy) is 2. The molecule has 10 nitrogen and oxygen atoms in total. The fourth-order valence-corrected chi connectivity index (χ4v) is 5.43. The number of carboxylic acid groups (broad SMARTS) is 1. The number of fused-ring (bicyclic) bond motifs is 3. The lowest BCUT2D eigenvalue weighted by Gasteiger charge is -2.34. The smallest absolute Gasteiger partial charge is 0.410 e. The van der Waals surface area contributed by atoms with Crippen LogP contribution in [0.15, 0.2) is 48.5 Å². The standard InChI is InChI=1S/C31H39N3O7/c1-31(2,3)41-30(39)34-16-13-20(14-17-34)18-26(28(36)37)33-27(35)12-15-32-29(38)40-19-25-23-10-6-4-8-21(23)22-9-5-7-11-24(22)25/h4-11,20,25-26H,12-19H2,1-3H3,(H,32,38)(H,33,35)(H,36,37)/t26-/m0/s1. The number of aliphatic carboxylic acids is 1. The van der Waals surface area contributed by atoms with Gasteiger partial charge in [-0.3, -0.25) is 4.79 Å². The summed E-state index contributed by atoms with van der Waals surface area (Å²) < 4.78 is 10.9. The van der Waals surface area contributed by atoms with E-state index in [1.54, 1.807) is 4.90 Å². The van der Waals surface area contributed by atoms with E-state index >= 15 is 0 Å². The van der Waals surface area contributed by atoms with Crippen LogP contribution >= 0.6 is 0 Å². The number of piperidine rings is 1. The summed E-state index contributed by atoms with van der Waals surface area (Å²) in [6, 6.07) is 15.1. The van der Waals surface area contributed by atoms with Gasteiger partial charge in [0.25, 0.3) is 0 Å². The average molecular weight is 566 g/mol. The highest BCUT2D eigenvalue weighted by Crippen LogP contribution is 2.44. The van der Waals surface area contributed by atoms with Crippen LogP contribution in [0.2, 0.25) is 0 Å². The van der Waals surface area contributed by atoms with Crippen LogP contribution in [0, 0.1) is 5.92 Å². The van der Waals surface area contributed by atoms with Crippen molar-refractivity contribution in [3.05, 3.63) is 59.7 Å². The van der Waals surface area contributed by atoms with Crippen molar-refractivity contribution in [2.45, 2.75) is 64.0 Å². The number of rotatable bonds is 9. The van der Waals surface area contributed by atoms with E-state index in [4.69, 9.17) is 9.47 Å². The molecule has 0 bridgehead atoms. The lowest BCUT2D eigenvalue weighted by molar-refractivity contribution is -0.142. The molecule has 3 N–H and O–H groups in total. The van der Waals surface area contributed by atoms with Gasteiger partial charge in [0.05, 0.1) is 0 Å². The van der Waals surface area contributed by atoms with Crippen molar-refractivity contribution in [2.24, 2.45) is 5.92 Å². The number of carboxylic acids is 1. The van der Waals surface area contributed by atoms with Crippen LogP contribution in [0.25, 0.3) is 11.1 Å². The number of nitrogens with one attached hydrogen (secondary N) is 2. The van der Waals surface area contributed by atoms with Crippen molar-refractivity contribution in [1.82, 2.24) is 15.5 Å². The van der Waals surface area contributed by atoms with Crippen LogP contribution in [0.1, 0.15) is 63.5 Å². The Morgan fingerprint density at radius 3 is 2.12 bits per heavy atom. The molecule has 0 spiro atoms. The van der Waals surface area contributed by atoms with Crippen molar-refractivity contribution in [3.63, 3.8) is 0 Å². The molecule has 2 aromatic rings. The van der Waals surface area contributed by atoms with E-state index in [2.05, 4.69) is 22.8 Å². The van der Waals surface area contributed by atoms with Crippen molar-refractivity contribution in [2.75, 3.05) is 26.2 Å². The number of alkyl carbamates (subject to hydrolysis) is 1.